The van der Waals surface area contributed by atoms with Gasteiger partial charge in [-0.2, -0.15) is 0 Å². The van der Waals surface area contributed by atoms with Crippen LogP contribution in [0.3, 0.4) is 0 Å². The van der Waals surface area contributed by atoms with E-state index in [4.69, 9.17) is 9.41 Å². The van der Waals surface area contributed by atoms with Gasteiger partial charge in [-0.1, -0.05) is 36.9 Å². The average molecular weight is 420 g/mol. The first kappa shape index (κ1) is 18.9. The average Bonchev–Trinajstić information content (AvgIpc) is 3.49. The monoisotopic (exact) mass is 420 g/mol. The number of hydrogen-bond donors (Lipinski definition) is 0. The first-order valence-electron chi connectivity index (χ1n) is 9.90. The molecule has 1 aromatic carbocycles. The lowest BCUT2D eigenvalue weighted by molar-refractivity contribution is -0.384. The Morgan fingerprint density at radius 1 is 1.20 bits per heavy atom. The van der Waals surface area contributed by atoms with Gasteiger partial charge in [-0.05, 0) is 36.8 Å². The van der Waals surface area contributed by atoms with Crippen LogP contribution in [0.4, 0.5) is 5.69 Å². The Hall–Kier alpha value is -3.13. The largest absolute Gasteiger partial charge is 0.459 e. The van der Waals surface area contributed by atoms with Gasteiger partial charge in [-0.3, -0.25) is 15.1 Å². The molecule has 0 saturated carbocycles. The smallest absolute Gasteiger partial charge is 0.280 e. The zero-order chi connectivity index (χ0) is 20.7. The maximum Gasteiger partial charge on any atom is 0.280 e. The van der Waals surface area contributed by atoms with Crippen molar-refractivity contribution in [2.45, 2.75) is 31.5 Å². The highest BCUT2D eigenvalue weighted by Crippen LogP contribution is 2.49. The summed E-state index contributed by atoms with van der Waals surface area (Å²) in [6.07, 6.45) is 2.79. The number of nitro groups is 1. The SMILES string of the molecule is CC[C@H]1CSC2=N[C@H](c3ccccn3)[C@@H](c3ccc(-c4ccccc4[N+](=O)[O-])o3)N21. The third-order valence-corrected chi connectivity index (χ3v) is 6.74. The van der Waals surface area contributed by atoms with Gasteiger partial charge in [0.15, 0.2) is 5.17 Å². The molecule has 1 fully saturated rings. The van der Waals surface area contributed by atoms with E-state index in [1.165, 1.54) is 6.07 Å². The van der Waals surface area contributed by atoms with Gasteiger partial charge in [0.25, 0.3) is 5.69 Å². The van der Waals surface area contributed by atoms with Gasteiger partial charge in [-0.15, -0.1) is 0 Å². The Labute approximate surface area is 178 Å². The zero-order valence-corrected chi connectivity index (χ0v) is 17.2. The highest BCUT2D eigenvalue weighted by atomic mass is 32.2. The quantitative estimate of drug-likeness (QED) is 0.415. The van der Waals surface area contributed by atoms with Crippen LogP contribution in [-0.2, 0) is 0 Å². The van der Waals surface area contributed by atoms with Gasteiger partial charge in [0, 0.05) is 24.1 Å². The van der Waals surface area contributed by atoms with Crippen LogP contribution in [0, 0.1) is 10.1 Å². The van der Waals surface area contributed by atoms with Gasteiger partial charge in [0.1, 0.15) is 23.6 Å². The van der Waals surface area contributed by atoms with Gasteiger partial charge in [0.05, 0.1) is 16.2 Å². The summed E-state index contributed by atoms with van der Waals surface area (Å²) in [6, 6.07) is 16.3. The number of amidine groups is 1. The Morgan fingerprint density at radius 2 is 2.03 bits per heavy atom. The Morgan fingerprint density at radius 3 is 2.80 bits per heavy atom. The number of nitrogens with zero attached hydrogens (tertiary/aromatic N) is 4. The van der Waals surface area contributed by atoms with Crippen molar-refractivity contribution in [2.75, 3.05) is 5.75 Å². The summed E-state index contributed by atoms with van der Waals surface area (Å²) in [6.45, 7) is 2.18. The fourth-order valence-electron chi connectivity index (χ4n) is 4.16. The van der Waals surface area contributed by atoms with E-state index in [1.807, 2.05) is 30.3 Å². The zero-order valence-electron chi connectivity index (χ0n) is 16.3. The lowest BCUT2D eigenvalue weighted by atomic mass is 10.0. The topological polar surface area (TPSA) is 84.8 Å². The molecule has 0 unspecified atom stereocenters. The predicted molar refractivity (Wildman–Crippen MR) is 116 cm³/mol. The number of thioether (sulfide) groups is 1. The summed E-state index contributed by atoms with van der Waals surface area (Å²) in [4.78, 5) is 22.9. The Kier molecular flexibility index (Phi) is 4.78. The van der Waals surface area contributed by atoms with E-state index in [0.717, 1.165) is 28.8 Å². The molecule has 30 heavy (non-hydrogen) atoms. The fraction of sp³-hybridized carbons (Fsp3) is 0.273. The maximum atomic E-state index is 11.5. The van der Waals surface area contributed by atoms with Crippen molar-refractivity contribution in [3.63, 3.8) is 0 Å². The van der Waals surface area contributed by atoms with Crippen LogP contribution in [-0.4, -0.2) is 31.8 Å². The molecular weight excluding hydrogens is 400 g/mol. The van der Waals surface area contributed by atoms with Crippen molar-refractivity contribution in [1.29, 1.82) is 0 Å². The van der Waals surface area contributed by atoms with Crippen LogP contribution >= 0.6 is 11.8 Å². The molecule has 0 amide bonds. The molecule has 152 valence electrons. The third-order valence-electron chi connectivity index (χ3n) is 5.61. The molecule has 4 heterocycles. The molecule has 5 rings (SSSR count). The number of nitro benzene ring substituents is 1. The van der Waals surface area contributed by atoms with Crippen LogP contribution in [0.1, 0.15) is 36.9 Å². The first-order valence-corrected chi connectivity index (χ1v) is 10.9. The number of pyridine rings is 1. The summed E-state index contributed by atoms with van der Waals surface area (Å²) in [5.74, 6) is 2.24. The summed E-state index contributed by atoms with van der Waals surface area (Å²) in [7, 11) is 0. The molecule has 3 aromatic rings. The van der Waals surface area contributed by atoms with Crippen LogP contribution in [0.15, 0.2) is 70.2 Å². The number of hydrogen-bond acceptors (Lipinski definition) is 7. The van der Waals surface area contributed by atoms with Crippen molar-refractivity contribution >= 4 is 22.6 Å². The van der Waals surface area contributed by atoms with Crippen LogP contribution < -0.4 is 0 Å². The van der Waals surface area contributed by atoms with E-state index in [-0.39, 0.29) is 22.7 Å². The van der Waals surface area contributed by atoms with E-state index in [9.17, 15) is 10.1 Å². The van der Waals surface area contributed by atoms with E-state index >= 15 is 0 Å². The highest BCUT2D eigenvalue weighted by molar-refractivity contribution is 8.14. The van der Waals surface area contributed by atoms with Crippen LogP contribution in [0.25, 0.3) is 11.3 Å². The second-order valence-electron chi connectivity index (χ2n) is 7.31. The van der Waals surface area contributed by atoms with E-state index in [1.54, 1.807) is 36.2 Å². The summed E-state index contributed by atoms with van der Waals surface area (Å²) in [5.41, 5.74) is 1.40. The van der Waals surface area contributed by atoms with Crippen molar-refractivity contribution in [2.24, 2.45) is 4.99 Å². The van der Waals surface area contributed by atoms with E-state index in [0.29, 0.717) is 17.4 Å². The van der Waals surface area contributed by atoms with Crippen molar-refractivity contribution < 1.29 is 9.34 Å². The number of fused-ring (bicyclic) bond motifs is 1. The van der Waals surface area contributed by atoms with Crippen molar-refractivity contribution in [3.8, 4) is 11.3 Å². The molecule has 0 spiro atoms. The van der Waals surface area contributed by atoms with Crippen LogP contribution in [0.2, 0.25) is 0 Å². The second-order valence-corrected chi connectivity index (χ2v) is 8.30. The molecule has 2 aliphatic heterocycles. The number of aliphatic imine (C=N–C) groups is 1. The molecule has 2 aromatic heterocycles. The molecule has 0 N–H and O–H groups in total. The molecule has 0 aliphatic carbocycles. The molecule has 3 atom stereocenters. The second kappa shape index (κ2) is 7.60. The molecule has 2 aliphatic rings. The first-order chi connectivity index (χ1) is 14.7. The van der Waals surface area contributed by atoms with Crippen molar-refractivity contribution in [1.82, 2.24) is 9.88 Å². The summed E-state index contributed by atoms with van der Waals surface area (Å²) < 4.78 is 6.24. The number of furan rings is 1. The molecule has 1 saturated heterocycles. The van der Waals surface area contributed by atoms with Gasteiger partial charge >= 0.3 is 0 Å². The lowest BCUT2D eigenvalue weighted by Crippen LogP contribution is -2.35. The highest BCUT2D eigenvalue weighted by Gasteiger charge is 2.47. The van der Waals surface area contributed by atoms with Gasteiger partial charge in [-0.25, -0.2) is 4.99 Å². The van der Waals surface area contributed by atoms with Gasteiger partial charge in [0.2, 0.25) is 0 Å². The minimum atomic E-state index is -0.380. The molecule has 8 heteroatoms. The molecule has 0 bridgehead atoms. The predicted octanol–water partition coefficient (Wildman–Crippen LogP) is 5.23. The number of para-hydroxylation sites is 1. The normalized spacial score (nSPS) is 22.8. The summed E-state index contributed by atoms with van der Waals surface area (Å²) in [5, 5.41) is 12.5. The minimum absolute atomic E-state index is 0.0335. The summed E-state index contributed by atoms with van der Waals surface area (Å²) >= 11 is 1.77. The molecular formula is C22H20N4O3S. The van der Waals surface area contributed by atoms with Crippen LogP contribution in [0.5, 0.6) is 0 Å². The van der Waals surface area contributed by atoms with E-state index < -0.39 is 0 Å². The van der Waals surface area contributed by atoms with Crippen molar-refractivity contribution in [3.05, 3.63) is 82.4 Å². The standard InChI is InChI=1S/C22H20N4O3S/c1-2-14-13-30-22-24-20(16-8-5-6-12-23-16)21(25(14)22)19-11-10-18(29-19)15-7-3-4-9-17(15)26(27)28/h3-12,14,20-21H,2,13H2,1H3/t14-,20+,21+/m0/s1. The number of rotatable bonds is 5. The Bertz CT molecular complexity index is 1110. The lowest BCUT2D eigenvalue weighted by Gasteiger charge is -2.30. The van der Waals surface area contributed by atoms with Gasteiger partial charge < -0.3 is 9.32 Å². The maximum absolute atomic E-state index is 11.5. The molecule has 7 nitrogen and oxygen atoms in total. The minimum Gasteiger partial charge on any atom is -0.459 e. The molecule has 0 radical (unpaired) electrons. The number of aromatic nitrogens is 1. The fourth-order valence-corrected chi connectivity index (χ4v) is 5.49. The number of benzene rings is 1. The third kappa shape index (κ3) is 3.08. The Balaban J connectivity index is 1.57. The van der Waals surface area contributed by atoms with E-state index in [2.05, 4.69) is 16.8 Å².